The van der Waals surface area contributed by atoms with Crippen molar-refractivity contribution in [3.05, 3.63) is 29.8 Å². The monoisotopic (exact) mass is 322 g/mol. The summed E-state index contributed by atoms with van der Waals surface area (Å²) >= 11 is 0. The Morgan fingerprint density at radius 2 is 1.86 bits per heavy atom. The fourth-order valence-corrected chi connectivity index (χ4v) is 4.75. The van der Waals surface area contributed by atoms with Crippen molar-refractivity contribution in [3.63, 3.8) is 0 Å². The number of urea groups is 1. The second-order valence-corrected chi connectivity index (χ2v) is 8.52. The molecular weight excluding hydrogens is 300 g/mol. The summed E-state index contributed by atoms with van der Waals surface area (Å²) in [5.41, 5.74) is 2.20. The first-order chi connectivity index (χ1) is 10.5. The number of hydrogen-bond donors (Lipinski definition) is 0. The van der Waals surface area contributed by atoms with Crippen molar-refractivity contribution < 1.29 is 13.2 Å². The number of likely N-dealkylation sites (tertiary alicyclic amines) is 1. The van der Waals surface area contributed by atoms with E-state index in [1.807, 2.05) is 23.1 Å². The van der Waals surface area contributed by atoms with Crippen LogP contribution in [0.25, 0.3) is 0 Å². The number of amides is 2. The first-order valence-electron chi connectivity index (χ1n) is 7.89. The Kier molecular flexibility index (Phi) is 4.12. The summed E-state index contributed by atoms with van der Waals surface area (Å²) in [6, 6.07) is 7.99. The van der Waals surface area contributed by atoms with Gasteiger partial charge >= 0.3 is 6.03 Å². The van der Waals surface area contributed by atoms with Gasteiger partial charge in [0.15, 0.2) is 9.84 Å². The van der Waals surface area contributed by atoms with Gasteiger partial charge in [0, 0.05) is 31.1 Å². The van der Waals surface area contributed by atoms with E-state index in [4.69, 9.17) is 0 Å². The lowest BCUT2D eigenvalue weighted by Crippen LogP contribution is -2.48. The largest absolute Gasteiger partial charge is 0.324 e. The van der Waals surface area contributed by atoms with Crippen LogP contribution in [0, 0.1) is 0 Å². The van der Waals surface area contributed by atoms with Crippen LogP contribution < -0.4 is 4.90 Å². The van der Waals surface area contributed by atoms with Gasteiger partial charge < -0.3 is 4.90 Å². The average molecular weight is 322 g/mol. The fourth-order valence-electron chi connectivity index (χ4n) is 3.35. The van der Waals surface area contributed by atoms with E-state index in [0.29, 0.717) is 32.5 Å². The van der Waals surface area contributed by atoms with E-state index < -0.39 is 9.84 Å². The summed E-state index contributed by atoms with van der Waals surface area (Å²) in [6.07, 6.45) is 2.00. The van der Waals surface area contributed by atoms with Crippen molar-refractivity contribution in [2.24, 2.45) is 0 Å². The predicted octanol–water partition coefficient (Wildman–Crippen LogP) is 2.07. The number of benzene rings is 1. The van der Waals surface area contributed by atoms with Crippen molar-refractivity contribution in [1.29, 1.82) is 0 Å². The fraction of sp³-hybridized carbons (Fsp3) is 0.562. The van der Waals surface area contributed by atoms with Crippen LogP contribution in [-0.2, 0) is 16.3 Å². The van der Waals surface area contributed by atoms with Crippen LogP contribution in [0.15, 0.2) is 24.3 Å². The molecule has 2 aliphatic rings. The zero-order valence-electron chi connectivity index (χ0n) is 12.9. The van der Waals surface area contributed by atoms with Crippen LogP contribution in [0.5, 0.6) is 0 Å². The highest BCUT2D eigenvalue weighted by Crippen LogP contribution is 2.29. The molecule has 3 rings (SSSR count). The maximum absolute atomic E-state index is 12.7. The molecule has 2 amide bonds. The van der Waals surface area contributed by atoms with Gasteiger partial charge in [-0.25, -0.2) is 13.2 Å². The van der Waals surface area contributed by atoms with Gasteiger partial charge in [-0.3, -0.25) is 4.90 Å². The summed E-state index contributed by atoms with van der Waals surface area (Å²) in [6.45, 7) is 3.46. The number of para-hydroxylation sites is 1. The summed E-state index contributed by atoms with van der Waals surface area (Å²) in [5, 5.41) is -0.285. The van der Waals surface area contributed by atoms with Crippen LogP contribution in [0.4, 0.5) is 10.5 Å². The molecule has 0 aliphatic carbocycles. The van der Waals surface area contributed by atoms with E-state index in [1.165, 1.54) is 5.56 Å². The molecule has 0 spiro atoms. The Labute approximate surface area is 131 Å². The Hall–Kier alpha value is -1.56. The smallest absolute Gasteiger partial charge is 0.324 e. The van der Waals surface area contributed by atoms with Crippen molar-refractivity contribution in [2.45, 2.75) is 31.4 Å². The SMILES string of the molecule is CCS(=O)(=O)C1CCN(C(=O)N2CCc3ccccc32)CC1. The standard InChI is InChI=1S/C16H22N2O3S/c1-2-22(20,21)14-8-10-17(11-9-14)16(19)18-12-7-13-5-3-4-6-15(13)18/h3-6,14H,2,7-12H2,1H3. The van der Waals surface area contributed by atoms with Gasteiger partial charge in [-0.15, -0.1) is 0 Å². The van der Waals surface area contributed by atoms with Crippen LogP contribution in [0.3, 0.4) is 0 Å². The van der Waals surface area contributed by atoms with E-state index in [1.54, 1.807) is 11.8 Å². The highest BCUT2D eigenvalue weighted by Gasteiger charge is 2.33. The van der Waals surface area contributed by atoms with Gasteiger partial charge in [0.2, 0.25) is 0 Å². The van der Waals surface area contributed by atoms with Crippen molar-refractivity contribution in [1.82, 2.24) is 4.90 Å². The maximum Gasteiger partial charge on any atom is 0.324 e. The number of rotatable bonds is 2. The number of nitrogens with zero attached hydrogens (tertiary/aromatic N) is 2. The Bertz CT molecular complexity index is 664. The highest BCUT2D eigenvalue weighted by atomic mass is 32.2. The molecule has 0 aromatic heterocycles. The van der Waals surface area contributed by atoms with Crippen LogP contribution in [0.2, 0.25) is 0 Å². The molecule has 120 valence electrons. The average Bonchev–Trinajstić information content (AvgIpc) is 2.98. The quantitative estimate of drug-likeness (QED) is 0.837. The van der Waals surface area contributed by atoms with Crippen LogP contribution in [0.1, 0.15) is 25.3 Å². The van der Waals surface area contributed by atoms with Gasteiger partial charge in [0.1, 0.15) is 0 Å². The molecule has 0 saturated carbocycles. The molecule has 0 radical (unpaired) electrons. The molecule has 5 nitrogen and oxygen atoms in total. The van der Waals surface area contributed by atoms with E-state index in [2.05, 4.69) is 6.07 Å². The number of hydrogen-bond acceptors (Lipinski definition) is 3. The zero-order chi connectivity index (χ0) is 15.7. The van der Waals surface area contributed by atoms with Crippen LogP contribution >= 0.6 is 0 Å². The minimum atomic E-state index is -2.99. The molecule has 22 heavy (non-hydrogen) atoms. The molecule has 1 fully saturated rings. The molecule has 0 atom stereocenters. The predicted molar refractivity (Wildman–Crippen MR) is 86.9 cm³/mol. The van der Waals surface area contributed by atoms with Crippen molar-refractivity contribution in [2.75, 3.05) is 30.3 Å². The third-order valence-corrected chi connectivity index (χ3v) is 7.03. The van der Waals surface area contributed by atoms with Crippen molar-refractivity contribution >= 4 is 21.6 Å². The molecule has 1 aromatic carbocycles. The number of carbonyl (C=O) groups is 1. The molecule has 0 unspecified atom stereocenters. The summed E-state index contributed by atoms with van der Waals surface area (Å²) < 4.78 is 23.9. The van der Waals surface area contributed by atoms with Gasteiger partial charge in [0.05, 0.1) is 5.25 Å². The minimum Gasteiger partial charge on any atom is -0.324 e. The van der Waals surface area contributed by atoms with E-state index in [9.17, 15) is 13.2 Å². The number of piperidine rings is 1. The number of fused-ring (bicyclic) bond motifs is 1. The van der Waals surface area contributed by atoms with Gasteiger partial charge in [-0.05, 0) is 30.9 Å². The maximum atomic E-state index is 12.7. The molecule has 6 heteroatoms. The van der Waals surface area contributed by atoms with Gasteiger partial charge in [0.25, 0.3) is 0 Å². The number of anilines is 1. The summed E-state index contributed by atoms with van der Waals surface area (Å²) in [7, 11) is -2.99. The molecular formula is C16H22N2O3S. The first kappa shape index (κ1) is 15.3. The lowest BCUT2D eigenvalue weighted by Gasteiger charge is -2.34. The first-order valence-corrected chi connectivity index (χ1v) is 9.60. The molecule has 0 bridgehead atoms. The molecule has 2 heterocycles. The number of sulfone groups is 1. The summed E-state index contributed by atoms with van der Waals surface area (Å²) in [5.74, 6) is 0.186. The Balaban J connectivity index is 1.66. The Morgan fingerprint density at radius 3 is 2.55 bits per heavy atom. The number of carbonyl (C=O) groups excluding carboxylic acids is 1. The molecule has 2 aliphatic heterocycles. The van der Waals surface area contributed by atoms with E-state index >= 15 is 0 Å². The third kappa shape index (κ3) is 2.72. The lowest BCUT2D eigenvalue weighted by molar-refractivity contribution is 0.194. The molecule has 1 aromatic rings. The van der Waals surface area contributed by atoms with E-state index in [0.717, 1.165) is 12.1 Å². The molecule has 0 N–H and O–H groups in total. The summed E-state index contributed by atoms with van der Waals surface area (Å²) in [4.78, 5) is 16.3. The van der Waals surface area contributed by atoms with Gasteiger partial charge in [-0.1, -0.05) is 25.1 Å². The normalized spacial score (nSPS) is 19.3. The topological polar surface area (TPSA) is 57.7 Å². The van der Waals surface area contributed by atoms with Crippen LogP contribution in [-0.4, -0.2) is 50.0 Å². The van der Waals surface area contributed by atoms with Crippen molar-refractivity contribution in [3.8, 4) is 0 Å². The third-order valence-electron chi connectivity index (χ3n) is 4.74. The highest BCUT2D eigenvalue weighted by molar-refractivity contribution is 7.92. The Morgan fingerprint density at radius 1 is 1.18 bits per heavy atom. The molecule has 1 saturated heterocycles. The van der Waals surface area contributed by atoms with Gasteiger partial charge in [-0.2, -0.15) is 0 Å². The van der Waals surface area contributed by atoms with E-state index in [-0.39, 0.29) is 17.0 Å². The second-order valence-electron chi connectivity index (χ2n) is 5.95. The lowest BCUT2D eigenvalue weighted by atomic mass is 10.1. The minimum absolute atomic E-state index is 0.0114. The zero-order valence-corrected chi connectivity index (χ0v) is 13.7. The second kappa shape index (κ2) is 5.91.